The van der Waals surface area contributed by atoms with Gasteiger partial charge in [0.2, 0.25) is 0 Å². The maximum atomic E-state index is 3.77. The monoisotopic (exact) mass is 610 g/mol. The van der Waals surface area contributed by atoms with Gasteiger partial charge >= 0.3 is 195 Å². The first-order chi connectivity index (χ1) is 14.1. The van der Waals surface area contributed by atoms with Crippen LogP contribution in [0.4, 0.5) is 0 Å². The van der Waals surface area contributed by atoms with Crippen LogP contribution in [0.3, 0.4) is 0 Å². The number of hydrogen-bond acceptors (Lipinski definition) is 0. The van der Waals surface area contributed by atoms with Gasteiger partial charge in [-0.2, -0.15) is 0 Å². The molecule has 5 heteroatoms. The predicted octanol–water partition coefficient (Wildman–Crippen LogP) is 4.02. The second-order valence-corrected chi connectivity index (χ2v) is 35.4. The SMILES string of the molecule is [Se]=P([Se]P(=[Se])(c1ccccc1)c1ccccc1)(c1ccccc1)c1ccccc1. The van der Waals surface area contributed by atoms with Gasteiger partial charge in [0.25, 0.3) is 0 Å². The van der Waals surface area contributed by atoms with Crippen LogP contribution in [0.15, 0.2) is 121 Å². The van der Waals surface area contributed by atoms with Crippen molar-refractivity contribution in [1.29, 1.82) is 0 Å². The Morgan fingerprint density at radius 3 is 0.793 bits per heavy atom. The zero-order chi connectivity index (χ0) is 20.2. The summed E-state index contributed by atoms with van der Waals surface area (Å²) < 4.78 is -3.34. The van der Waals surface area contributed by atoms with E-state index in [2.05, 4.69) is 152 Å². The van der Waals surface area contributed by atoms with Crippen molar-refractivity contribution in [3.05, 3.63) is 121 Å². The molecule has 0 nitrogen and oxygen atoms in total. The molecule has 4 aromatic rings. The van der Waals surface area contributed by atoms with Crippen molar-refractivity contribution in [1.82, 2.24) is 0 Å². The molecule has 0 unspecified atom stereocenters. The molecule has 29 heavy (non-hydrogen) atoms. The van der Waals surface area contributed by atoms with Gasteiger partial charge in [-0.15, -0.1) is 0 Å². The van der Waals surface area contributed by atoms with Crippen LogP contribution in [0, 0.1) is 0 Å². The average molecular weight is 607 g/mol. The Bertz CT molecular complexity index is 980. The van der Waals surface area contributed by atoms with Gasteiger partial charge in [-0.3, -0.25) is 0 Å². The molecule has 0 amide bonds. The Kier molecular flexibility index (Phi) is 7.14. The molecule has 0 heterocycles. The Morgan fingerprint density at radius 2 is 0.586 bits per heavy atom. The zero-order valence-electron chi connectivity index (χ0n) is 15.7. The fourth-order valence-corrected chi connectivity index (χ4v) is 57.8. The van der Waals surface area contributed by atoms with E-state index in [0.29, 0.717) is 14.1 Å². The van der Waals surface area contributed by atoms with E-state index in [1.165, 1.54) is 21.2 Å². The normalized spacial score (nSPS) is 11.9. The summed E-state index contributed by atoms with van der Waals surface area (Å²) in [6, 6.07) is 44.3. The molecule has 4 rings (SSSR count). The molecule has 0 N–H and O–H groups in total. The van der Waals surface area contributed by atoms with Crippen LogP contribution in [0.1, 0.15) is 0 Å². The Morgan fingerprint density at radius 1 is 0.379 bits per heavy atom. The predicted molar refractivity (Wildman–Crippen MR) is 135 cm³/mol. The van der Waals surface area contributed by atoms with Crippen LogP contribution in [0.5, 0.6) is 0 Å². The minimum absolute atomic E-state index is 0.311. The van der Waals surface area contributed by atoms with Crippen molar-refractivity contribution >= 4 is 73.9 Å². The maximum absolute atomic E-state index is 3.77. The Labute approximate surface area is 194 Å². The van der Waals surface area contributed by atoms with Crippen molar-refractivity contribution in [2.75, 3.05) is 0 Å². The molecule has 0 bridgehead atoms. The van der Waals surface area contributed by atoms with E-state index in [0.717, 1.165) is 0 Å². The van der Waals surface area contributed by atoms with E-state index in [1.807, 2.05) is 0 Å². The number of hydrogen-bond donors (Lipinski definition) is 0. The van der Waals surface area contributed by atoms with Crippen molar-refractivity contribution in [2.45, 2.75) is 0 Å². The molecule has 0 aliphatic carbocycles. The van der Waals surface area contributed by atoms with Gasteiger partial charge < -0.3 is 0 Å². The van der Waals surface area contributed by atoms with Gasteiger partial charge in [-0.05, 0) is 0 Å². The summed E-state index contributed by atoms with van der Waals surface area (Å²) >= 11 is 7.84. The topological polar surface area (TPSA) is 0 Å². The summed E-state index contributed by atoms with van der Waals surface area (Å²) in [4.78, 5) is 0. The van der Waals surface area contributed by atoms with Gasteiger partial charge in [-0.25, -0.2) is 0 Å². The van der Waals surface area contributed by atoms with Crippen molar-refractivity contribution in [3.63, 3.8) is 0 Å². The zero-order valence-corrected chi connectivity index (χ0v) is 22.6. The van der Waals surface area contributed by atoms with Crippen LogP contribution >= 0.6 is 8.40 Å². The molecule has 0 aliphatic rings. The number of benzene rings is 4. The van der Waals surface area contributed by atoms with Crippen molar-refractivity contribution in [3.8, 4) is 0 Å². The van der Waals surface area contributed by atoms with E-state index in [9.17, 15) is 0 Å². The second-order valence-electron chi connectivity index (χ2n) is 6.53. The van der Waals surface area contributed by atoms with Gasteiger partial charge in [0.1, 0.15) is 0 Å². The molecule has 0 fully saturated rings. The second kappa shape index (κ2) is 9.62. The molecular weight excluding hydrogens is 587 g/mol. The Hall–Kier alpha value is -0.702. The minimum atomic E-state index is -1.67. The van der Waals surface area contributed by atoms with Crippen LogP contribution < -0.4 is 21.2 Å². The van der Waals surface area contributed by atoms with E-state index in [1.54, 1.807) is 0 Å². The summed E-state index contributed by atoms with van der Waals surface area (Å²) in [5, 5.41) is 5.77. The van der Waals surface area contributed by atoms with Gasteiger partial charge in [-0.1, -0.05) is 0 Å². The quantitative estimate of drug-likeness (QED) is 0.230. The summed E-state index contributed by atoms with van der Waals surface area (Å²) in [5.74, 6) is 0. The third-order valence-electron chi connectivity index (χ3n) is 4.61. The molecule has 0 spiro atoms. The average Bonchev–Trinajstić information content (AvgIpc) is 2.81. The van der Waals surface area contributed by atoms with E-state index in [4.69, 9.17) is 0 Å². The van der Waals surface area contributed by atoms with Crippen LogP contribution in [0.25, 0.3) is 0 Å². The first kappa shape index (κ1) is 21.5. The molecule has 0 aliphatic heterocycles. The van der Waals surface area contributed by atoms with E-state index in [-0.39, 0.29) is 0 Å². The Balaban J connectivity index is 1.93. The fourth-order valence-electron chi connectivity index (χ4n) is 3.15. The van der Waals surface area contributed by atoms with Crippen LogP contribution in [-0.2, 0) is 0 Å². The third kappa shape index (κ3) is 4.65. The van der Waals surface area contributed by atoms with Crippen molar-refractivity contribution < 1.29 is 0 Å². The standard InChI is InChI=1S/C24H20P2Se3/c27-25(21-13-5-1-6-14-21,22-15-7-2-8-16-22)29-26(28,23-17-9-3-10-18-23)24-19-11-4-12-20-24/h1-20H. The summed E-state index contributed by atoms with van der Waals surface area (Å²) in [6.07, 6.45) is 0. The summed E-state index contributed by atoms with van der Waals surface area (Å²) in [6.45, 7) is 0. The van der Waals surface area contributed by atoms with Gasteiger partial charge in [0.15, 0.2) is 0 Å². The number of rotatable bonds is 6. The molecule has 0 saturated heterocycles. The van der Waals surface area contributed by atoms with Crippen LogP contribution in [0.2, 0.25) is 0 Å². The molecule has 0 atom stereocenters. The van der Waals surface area contributed by atoms with E-state index < -0.39 is 8.40 Å². The molecule has 4 aromatic carbocycles. The molecular formula is C24H20P2Se3. The van der Waals surface area contributed by atoms with Gasteiger partial charge in [0, 0.05) is 0 Å². The van der Waals surface area contributed by atoms with Crippen LogP contribution in [-0.4, -0.2) is 44.3 Å². The molecule has 0 saturated carbocycles. The molecule has 0 aromatic heterocycles. The first-order valence-corrected chi connectivity index (χ1v) is 21.7. The summed E-state index contributed by atoms with van der Waals surface area (Å²) in [7, 11) is 0. The first-order valence-electron chi connectivity index (χ1n) is 9.27. The van der Waals surface area contributed by atoms with Gasteiger partial charge in [0.05, 0.1) is 0 Å². The van der Waals surface area contributed by atoms with Crippen molar-refractivity contribution in [2.24, 2.45) is 0 Å². The van der Waals surface area contributed by atoms with E-state index >= 15 is 0 Å². The third-order valence-corrected chi connectivity index (χ3v) is 42.7. The fraction of sp³-hybridized carbons (Fsp3) is 0. The molecule has 0 radical (unpaired) electrons. The molecule has 144 valence electrons. The summed E-state index contributed by atoms with van der Waals surface area (Å²) in [5.41, 5.74) is 0.